The average molecular weight is 572 g/mol. The minimum absolute atomic E-state index is 0.0409. The molecule has 3 aromatic rings. The molecule has 1 amide bonds. The summed E-state index contributed by atoms with van der Waals surface area (Å²) in [5.41, 5.74) is 1.14. The molecular weight excluding hydrogens is 547 g/mol. The minimum atomic E-state index is -4.48. The zero-order valence-electron chi connectivity index (χ0n) is 19.9. The van der Waals surface area contributed by atoms with Crippen molar-refractivity contribution in [3.05, 3.63) is 81.8 Å². The maximum Gasteiger partial charge on any atom is 0.394 e. The van der Waals surface area contributed by atoms with Gasteiger partial charge >= 0.3 is 22.4 Å². The van der Waals surface area contributed by atoms with Gasteiger partial charge in [-0.1, -0.05) is 42.5 Å². The van der Waals surface area contributed by atoms with Crippen LogP contribution < -0.4 is 10.0 Å². The van der Waals surface area contributed by atoms with Crippen molar-refractivity contribution in [3.63, 3.8) is 0 Å². The highest BCUT2D eigenvalue weighted by molar-refractivity contribution is 7.87. The number of esters is 1. The summed E-state index contributed by atoms with van der Waals surface area (Å²) in [6.07, 6.45) is -5.60. The summed E-state index contributed by atoms with van der Waals surface area (Å²) in [4.78, 5) is 29.8. The third-order valence-corrected chi connectivity index (χ3v) is 6.79. The molecule has 0 spiro atoms. The maximum atomic E-state index is 13.2. The predicted molar refractivity (Wildman–Crippen MR) is 134 cm³/mol. The molecule has 0 aliphatic rings. The van der Waals surface area contributed by atoms with Gasteiger partial charge in [-0.2, -0.15) is 21.6 Å². The normalized spacial score (nSPS) is 13.4. The smallest absolute Gasteiger partial charge is 0.394 e. The van der Waals surface area contributed by atoms with E-state index in [1.807, 2.05) is 4.72 Å². The van der Waals surface area contributed by atoms with Gasteiger partial charge < -0.3 is 10.1 Å². The van der Waals surface area contributed by atoms with Crippen LogP contribution in [0.5, 0.6) is 0 Å². The molecule has 2 atom stereocenters. The number of methoxy groups -OCH3 is 1. The third kappa shape index (κ3) is 9.11. The van der Waals surface area contributed by atoms with Crippen molar-refractivity contribution in [1.82, 2.24) is 10.3 Å². The monoisotopic (exact) mass is 571 g/mol. The number of benzene rings is 2. The Labute approximate surface area is 220 Å². The molecule has 0 aliphatic heterocycles. The number of carbonyl (C=O) groups is 2. The molecule has 1 heterocycles. The van der Waals surface area contributed by atoms with Crippen molar-refractivity contribution in [2.45, 2.75) is 31.5 Å². The van der Waals surface area contributed by atoms with E-state index in [0.29, 0.717) is 11.1 Å². The van der Waals surface area contributed by atoms with Crippen LogP contribution in [0.3, 0.4) is 0 Å². The number of aromatic nitrogens is 1. The number of alkyl halides is 3. The number of halogens is 3. The first kappa shape index (κ1) is 29.1. The SMILES string of the molecule is COC(=O)[C@@H](Cc1ccccc1)C(=O)N[C@@H](Cc1ccc(NS(=O)(=O)O)cc1)c1nc(CC(F)(F)F)cs1. The zero-order valence-corrected chi connectivity index (χ0v) is 21.6. The lowest BCUT2D eigenvalue weighted by molar-refractivity contribution is -0.150. The number of hydrogen-bond donors (Lipinski definition) is 3. The maximum absolute atomic E-state index is 13.2. The van der Waals surface area contributed by atoms with Crippen LogP contribution in [-0.4, -0.2) is 43.1 Å². The van der Waals surface area contributed by atoms with Gasteiger partial charge in [0.1, 0.15) is 10.9 Å². The van der Waals surface area contributed by atoms with Gasteiger partial charge in [-0.05, 0) is 36.1 Å². The molecule has 3 rings (SSSR count). The second-order valence-corrected chi connectivity index (χ2v) is 10.3. The van der Waals surface area contributed by atoms with Gasteiger partial charge in [0.15, 0.2) is 0 Å². The van der Waals surface area contributed by atoms with E-state index in [0.717, 1.165) is 18.4 Å². The van der Waals surface area contributed by atoms with E-state index in [2.05, 4.69) is 10.3 Å². The lowest BCUT2D eigenvalue weighted by atomic mass is 9.97. The van der Waals surface area contributed by atoms with Crippen LogP contribution in [0.25, 0.3) is 0 Å². The van der Waals surface area contributed by atoms with E-state index in [-0.39, 0.29) is 29.2 Å². The lowest BCUT2D eigenvalue weighted by Crippen LogP contribution is -2.40. The molecule has 0 fully saturated rings. The summed E-state index contributed by atoms with van der Waals surface area (Å²) in [5.74, 6) is -2.69. The molecule has 1 aromatic heterocycles. The van der Waals surface area contributed by atoms with E-state index in [1.54, 1.807) is 30.3 Å². The number of nitrogens with one attached hydrogen (secondary N) is 2. The summed E-state index contributed by atoms with van der Waals surface area (Å²) >= 11 is 0.934. The topological polar surface area (TPSA) is 135 Å². The van der Waals surface area contributed by atoms with Gasteiger partial charge in [0, 0.05) is 5.38 Å². The first-order chi connectivity index (χ1) is 17.8. The largest absolute Gasteiger partial charge is 0.468 e. The van der Waals surface area contributed by atoms with Crippen molar-refractivity contribution in [1.29, 1.82) is 0 Å². The zero-order chi connectivity index (χ0) is 27.9. The van der Waals surface area contributed by atoms with Crippen LogP contribution in [0.15, 0.2) is 60.0 Å². The number of carbonyl (C=O) groups excluding carboxylic acids is 2. The van der Waals surface area contributed by atoms with E-state index in [9.17, 15) is 31.2 Å². The molecule has 204 valence electrons. The number of ether oxygens (including phenoxy) is 1. The third-order valence-electron chi connectivity index (χ3n) is 5.29. The van der Waals surface area contributed by atoms with E-state index in [1.165, 1.54) is 29.6 Å². The summed E-state index contributed by atoms with van der Waals surface area (Å²) in [7, 11) is -3.33. The van der Waals surface area contributed by atoms with Crippen LogP contribution in [0.1, 0.15) is 27.9 Å². The number of anilines is 1. The molecule has 3 N–H and O–H groups in total. The fourth-order valence-corrected chi connectivity index (χ4v) is 4.91. The Bertz CT molecular complexity index is 1350. The van der Waals surface area contributed by atoms with Crippen LogP contribution in [0.4, 0.5) is 18.9 Å². The standard InChI is InChI=1S/C24H24F3N3O6S2/c1-36-23(32)19(11-15-5-3-2-4-6-15)21(31)29-20(22-28-18(14-37-22)13-24(25,26)27)12-16-7-9-17(10-8-16)30-38(33,34)35/h2-10,14,19-20,30H,11-13H2,1H3,(H,29,31)(H,33,34,35)/t19-,20-/m0/s1. The fraction of sp³-hybridized carbons (Fsp3) is 0.292. The molecule has 14 heteroatoms. The second kappa shape index (κ2) is 12.4. The summed E-state index contributed by atoms with van der Waals surface area (Å²) < 4.78 is 76.3. The minimum Gasteiger partial charge on any atom is -0.468 e. The highest BCUT2D eigenvalue weighted by Crippen LogP contribution is 2.28. The van der Waals surface area contributed by atoms with E-state index < -0.39 is 46.7 Å². The van der Waals surface area contributed by atoms with Crippen molar-refractivity contribution < 1.29 is 40.5 Å². The van der Waals surface area contributed by atoms with Crippen LogP contribution in [0, 0.1) is 5.92 Å². The lowest BCUT2D eigenvalue weighted by Gasteiger charge is -2.21. The van der Waals surface area contributed by atoms with Gasteiger partial charge in [-0.15, -0.1) is 11.3 Å². The van der Waals surface area contributed by atoms with Crippen molar-refractivity contribution in [2.24, 2.45) is 5.92 Å². The Morgan fingerprint density at radius 3 is 2.26 bits per heavy atom. The Hall–Kier alpha value is -3.49. The number of rotatable bonds is 11. The average Bonchev–Trinajstić information content (AvgIpc) is 3.29. The van der Waals surface area contributed by atoms with Crippen LogP contribution in [-0.2, 0) is 43.9 Å². The fourth-order valence-electron chi connectivity index (χ4n) is 3.61. The highest BCUT2D eigenvalue weighted by atomic mass is 32.2. The summed E-state index contributed by atoms with van der Waals surface area (Å²) in [6, 6.07) is 13.6. The molecule has 0 aliphatic carbocycles. The molecule has 0 saturated carbocycles. The van der Waals surface area contributed by atoms with Crippen molar-refractivity contribution in [2.75, 3.05) is 11.8 Å². The van der Waals surface area contributed by atoms with Crippen LogP contribution in [0.2, 0.25) is 0 Å². The predicted octanol–water partition coefficient (Wildman–Crippen LogP) is 3.89. The van der Waals surface area contributed by atoms with E-state index in [4.69, 9.17) is 9.29 Å². The first-order valence-corrected chi connectivity index (χ1v) is 13.4. The molecular formula is C24H24F3N3O6S2. The molecule has 2 aromatic carbocycles. The molecule has 9 nitrogen and oxygen atoms in total. The van der Waals surface area contributed by atoms with Gasteiger partial charge in [-0.25, -0.2) is 4.98 Å². The number of thiazole rings is 1. The molecule has 0 bridgehead atoms. The van der Waals surface area contributed by atoms with Crippen LogP contribution >= 0.6 is 11.3 Å². The Kier molecular flexibility index (Phi) is 9.46. The first-order valence-electron chi connectivity index (χ1n) is 11.1. The Morgan fingerprint density at radius 2 is 1.68 bits per heavy atom. The van der Waals surface area contributed by atoms with Crippen molar-refractivity contribution in [3.8, 4) is 0 Å². The second-order valence-electron chi connectivity index (χ2n) is 8.27. The molecule has 0 unspecified atom stereocenters. The van der Waals surface area contributed by atoms with Gasteiger partial charge in [0.25, 0.3) is 0 Å². The highest BCUT2D eigenvalue weighted by Gasteiger charge is 2.32. The van der Waals surface area contributed by atoms with Gasteiger partial charge in [0.05, 0.1) is 31.0 Å². The summed E-state index contributed by atoms with van der Waals surface area (Å²) in [6.45, 7) is 0. The molecule has 38 heavy (non-hydrogen) atoms. The quantitative estimate of drug-likeness (QED) is 0.181. The molecule has 0 radical (unpaired) electrons. The van der Waals surface area contributed by atoms with E-state index >= 15 is 0 Å². The number of amides is 1. The Balaban J connectivity index is 1.87. The number of hydrogen-bond acceptors (Lipinski definition) is 7. The number of nitrogens with zero attached hydrogens (tertiary/aromatic N) is 1. The van der Waals surface area contributed by atoms with Gasteiger partial charge in [0.2, 0.25) is 5.91 Å². The molecule has 0 saturated heterocycles. The Morgan fingerprint density at radius 1 is 1.05 bits per heavy atom. The summed E-state index contributed by atoms with van der Waals surface area (Å²) in [5, 5.41) is 4.17. The van der Waals surface area contributed by atoms with Gasteiger partial charge in [-0.3, -0.25) is 18.9 Å². The van der Waals surface area contributed by atoms with Crippen molar-refractivity contribution >= 4 is 39.2 Å².